The molecule has 0 bridgehead atoms. The van der Waals surface area contributed by atoms with E-state index < -0.39 is 10.4 Å². The molecule has 0 aliphatic rings. The summed E-state index contributed by atoms with van der Waals surface area (Å²) in [5.74, 6) is 0. The van der Waals surface area contributed by atoms with Crippen molar-refractivity contribution in [2.75, 3.05) is 17.3 Å². The minimum absolute atomic E-state index is 0.573. The molecule has 0 radical (unpaired) electrons. The van der Waals surface area contributed by atoms with Gasteiger partial charge in [0, 0.05) is 12.2 Å². The lowest BCUT2D eigenvalue weighted by molar-refractivity contribution is 0.260. The molecule has 0 saturated heterocycles. The molecule has 98 valence electrons. The zero-order valence-electron chi connectivity index (χ0n) is 9.53. The molecule has 17 heavy (non-hydrogen) atoms. The number of nitrogen functional groups attached to an aromatic ring is 1. The summed E-state index contributed by atoms with van der Waals surface area (Å²) in [7, 11) is -4.67. The highest BCUT2D eigenvalue weighted by Crippen LogP contribution is 2.18. The summed E-state index contributed by atoms with van der Waals surface area (Å²) < 4.78 is 31.6. The highest BCUT2D eigenvalue weighted by molar-refractivity contribution is 7.79. The fourth-order valence-corrected chi connectivity index (χ4v) is 1.00. The third-order valence-corrected chi connectivity index (χ3v) is 1.85. The van der Waals surface area contributed by atoms with Crippen LogP contribution in [0, 0.1) is 6.92 Å². The molecule has 0 unspecified atom stereocenters. The average Bonchev–Trinajstić information content (AvgIpc) is 2.18. The van der Waals surface area contributed by atoms with E-state index in [1.165, 1.54) is 5.06 Å². The summed E-state index contributed by atoms with van der Waals surface area (Å²) >= 11 is 0. The minimum atomic E-state index is -4.67. The van der Waals surface area contributed by atoms with Gasteiger partial charge in [-0.3, -0.25) is 19.4 Å². The van der Waals surface area contributed by atoms with Crippen molar-refractivity contribution in [3.05, 3.63) is 23.8 Å². The first-order valence-corrected chi connectivity index (χ1v) is 6.07. The molecule has 0 fully saturated rings. The van der Waals surface area contributed by atoms with E-state index in [1.54, 1.807) is 12.1 Å². The summed E-state index contributed by atoms with van der Waals surface area (Å²) in [6.07, 6.45) is 0. The smallest absolute Gasteiger partial charge is 0.394 e. The maximum Gasteiger partial charge on any atom is 0.394 e. The topological polar surface area (TPSA) is 124 Å². The Labute approximate surface area is 100 Å². The van der Waals surface area contributed by atoms with E-state index >= 15 is 0 Å². The van der Waals surface area contributed by atoms with E-state index in [9.17, 15) is 5.21 Å². The van der Waals surface area contributed by atoms with E-state index in [4.69, 9.17) is 23.3 Å². The monoisotopic (exact) mass is 264 g/mol. The van der Waals surface area contributed by atoms with Crippen LogP contribution in [0.3, 0.4) is 0 Å². The number of aryl methyl sites for hydroxylation is 1. The second-order valence-electron chi connectivity index (χ2n) is 3.20. The van der Waals surface area contributed by atoms with Crippen LogP contribution in [0.2, 0.25) is 0 Å². The van der Waals surface area contributed by atoms with E-state index in [0.29, 0.717) is 6.54 Å². The SMILES string of the molecule is CCN(O)c1ccc(N)c(C)c1.O=S(=O)(O)O. The average molecular weight is 264 g/mol. The van der Waals surface area contributed by atoms with Gasteiger partial charge >= 0.3 is 10.4 Å². The van der Waals surface area contributed by atoms with Gasteiger partial charge in [0.1, 0.15) is 0 Å². The van der Waals surface area contributed by atoms with Crippen molar-refractivity contribution in [3.8, 4) is 0 Å². The van der Waals surface area contributed by atoms with Crippen molar-refractivity contribution in [1.29, 1.82) is 0 Å². The standard InChI is InChI=1S/C9H14N2O.H2O4S/c1-3-11(12)8-4-5-9(10)7(2)6-8;1-5(2,3)4/h4-6,12H,3,10H2,1-2H3;(H2,1,2,3,4). The van der Waals surface area contributed by atoms with Gasteiger partial charge in [-0.2, -0.15) is 8.42 Å². The van der Waals surface area contributed by atoms with E-state index in [-0.39, 0.29) is 0 Å². The zero-order chi connectivity index (χ0) is 13.6. The summed E-state index contributed by atoms with van der Waals surface area (Å²) in [6, 6.07) is 5.45. The highest BCUT2D eigenvalue weighted by atomic mass is 32.3. The molecular formula is C9H16N2O5S. The van der Waals surface area contributed by atoms with Gasteiger partial charge in [-0.25, -0.2) is 0 Å². The molecule has 0 saturated carbocycles. The normalized spacial score (nSPS) is 10.4. The Morgan fingerprint density at radius 3 is 2.18 bits per heavy atom. The van der Waals surface area contributed by atoms with Crippen LogP contribution in [-0.2, 0) is 10.4 Å². The third-order valence-electron chi connectivity index (χ3n) is 1.85. The lowest BCUT2D eigenvalue weighted by Gasteiger charge is -2.15. The van der Waals surface area contributed by atoms with Gasteiger partial charge in [0.15, 0.2) is 0 Å². The van der Waals surface area contributed by atoms with Gasteiger partial charge in [-0.15, -0.1) is 0 Å². The first-order chi connectivity index (χ1) is 7.65. The lowest BCUT2D eigenvalue weighted by atomic mass is 10.2. The molecule has 1 aromatic rings. The van der Waals surface area contributed by atoms with Gasteiger partial charge in [-0.1, -0.05) is 0 Å². The van der Waals surface area contributed by atoms with Crippen molar-refractivity contribution in [1.82, 2.24) is 0 Å². The maximum absolute atomic E-state index is 9.34. The Bertz CT molecular complexity index is 452. The fraction of sp³-hybridized carbons (Fsp3) is 0.333. The van der Waals surface area contributed by atoms with Crippen LogP contribution in [0.1, 0.15) is 12.5 Å². The highest BCUT2D eigenvalue weighted by Gasteiger charge is 2.00. The summed E-state index contributed by atoms with van der Waals surface area (Å²) in [5, 5.41) is 10.5. The van der Waals surface area contributed by atoms with Crippen LogP contribution in [0.25, 0.3) is 0 Å². The molecule has 5 N–H and O–H groups in total. The van der Waals surface area contributed by atoms with Crippen LogP contribution < -0.4 is 10.8 Å². The number of hydrogen-bond acceptors (Lipinski definition) is 5. The molecule has 0 spiro atoms. The van der Waals surface area contributed by atoms with Gasteiger partial charge < -0.3 is 5.73 Å². The van der Waals surface area contributed by atoms with Crippen molar-refractivity contribution in [2.45, 2.75) is 13.8 Å². The summed E-state index contributed by atoms with van der Waals surface area (Å²) in [5.41, 5.74) is 8.15. The van der Waals surface area contributed by atoms with Gasteiger partial charge in [0.2, 0.25) is 0 Å². The Balaban J connectivity index is 0.000000437. The van der Waals surface area contributed by atoms with Crippen molar-refractivity contribution >= 4 is 21.8 Å². The van der Waals surface area contributed by atoms with Gasteiger partial charge in [-0.05, 0) is 37.6 Å². The van der Waals surface area contributed by atoms with Crippen molar-refractivity contribution in [2.24, 2.45) is 0 Å². The van der Waals surface area contributed by atoms with Crippen LogP contribution in [-0.4, -0.2) is 29.3 Å². The Morgan fingerprint density at radius 1 is 1.35 bits per heavy atom. The maximum atomic E-state index is 9.34. The number of nitrogens with zero attached hydrogens (tertiary/aromatic N) is 1. The van der Waals surface area contributed by atoms with Crippen LogP contribution in [0.4, 0.5) is 11.4 Å². The number of benzene rings is 1. The van der Waals surface area contributed by atoms with E-state index in [1.807, 2.05) is 19.9 Å². The predicted molar refractivity (Wildman–Crippen MR) is 64.6 cm³/mol. The number of hydroxylamine groups is 1. The van der Waals surface area contributed by atoms with Gasteiger partial charge in [0.25, 0.3) is 0 Å². The Kier molecular flexibility index (Phi) is 5.89. The second kappa shape index (κ2) is 6.40. The van der Waals surface area contributed by atoms with Crippen molar-refractivity contribution < 1.29 is 22.7 Å². The molecule has 0 amide bonds. The fourth-order valence-electron chi connectivity index (χ4n) is 1.00. The summed E-state index contributed by atoms with van der Waals surface area (Å²) in [6.45, 7) is 4.37. The zero-order valence-corrected chi connectivity index (χ0v) is 10.3. The Hall–Kier alpha value is -1.35. The second-order valence-corrected chi connectivity index (χ2v) is 4.10. The van der Waals surface area contributed by atoms with Crippen LogP contribution in [0.5, 0.6) is 0 Å². The predicted octanol–water partition coefficient (Wildman–Crippen LogP) is 1.14. The molecule has 0 aliphatic carbocycles. The quantitative estimate of drug-likeness (QED) is 0.358. The molecule has 0 atom stereocenters. The van der Waals surface area contributed by atoms with Crippen LogP contribution >= 0.6 is 0 Å². The van der Waals surface area contributed by atoms with E-state index in [2.05, 4.69) is 0 Å². The molecule has 0 aromatic heterocycles. The number of nitrogens with two attached hydrogens (primary N) is 1. The first kappa shape index (κ1) is 15.7. The largest absolute Gasteiger partial charge is 0.399 e. The summed E-state index contributed by atoms with van der Waals surface area (Å²) in [4.78, 5) is 0. The molecular weight excluding hydrogens is 248 g/mol. The number of hydrogen-bond donors (Lipinski definition) is 4. The van der Waals surface area contributed by atoms with Gasteiger partial charge in [0.05, 0.1) is 5.69 Å². The van der Waals surface area contributed by atoms with E-state index in [0.717, 1.165) is 16.9 Å². The molecule has 0 aliphatic heterocycles. The molecule has 1 aromatic carbocycles. The number of rotatable bonds is 2. The minimum Gasteiger partial charge on any atom is -0.399 e. The number of anilines is 2. The molecule has 1 rings (SSSR count). The lowest BCUT2D eigenvalue weighted by Crippen LogP contribution is -2.16. The first-order valence-electron chi connectivity index (χ1n) is 4.67. The molecule has 8 heteroatoms. The van der Waals surface area contributed by atoms with Crippen LogP contribution in [0.15, 0.2) is 18.2 Å². The Morgan fingerprint density at radius 2 is 1.82 bits per heavy atom. The van der Waals surface area contributed by atoms with Crippen molar-refractivity contribution in [3.63, 3.8) is 0 Å². The molecule has 0 heterocycles. The molecule has 7 nitrogen and oxygen atoms in total. The third kappa shape index (κ3) is 7.53.